The fourth-order valence-corrected chi connectivity index (χ4v) is 2.62. The lowest BCUT2D eigenvalue weighted by Crippen LogP contribution is -2.15. The number of thioether (sulfide) groups is 1. The number of fused-ring (bicyclic) bond motifs is 1. The van der Waals surface area contributed by atoms with Crippen LogP contribution < -0.4 is 11.3 Å². The Kier molecular flexibility index (Phi) is 3.25. The third kappa shape index (κ3) is 2.42. The fourth-order valence-electron chi connectivity index (χ4n) is 1.22. The summed E-state index contributed by atoms with van der Waals surface area (Å²) < 4.78 is 1.49. The molecule has 1 amide bonds. The van der Waals surface area contributed by atoms with Crippen molar-refractivity contribution in [3.8, 4) is 0 Å². The highest BCUT2D eigenvalue weighted by molar-refractivity contribution is 7.99. The number of thiazole rings is 1. The Balaban J connectivity index is 2.18. The highest BCUT2D eigenvalue weighted by Gasteiger charge is 2.04. The first-order valence-corrected chi connectivity index (χ1v) is 6.52. The number of nitrogens with two attached hydrogens (primary N) is 1. The molecule has 2 aromatic rings. The molecule has 2 rings (SSSR count). The predicted molar refractivity (Wildman–Crippen MR) is 64.7 cm³/mol. The van der Waals surface area contributed by atoms with Crippen molar-refractivity contribution < 1.29 is 4.79 Å². The van der Waals surface area contributed by atoms with Crippen molar-refractivity contribution in [2.45, 2.75) is 5.75 Å². The van der Waals surface area contributed by atoms with Crippen LogP contribution in [-0.4, -0.2) is 21.0 Å². The summed E-state index contributed by atoms with van der Waals surface area (Å²) in [5.74, 6) is 0.400. The van der Waals surface area contributed by atoms with Gasteiger partial charge in [0, 0.05) is 23.4 Å². The summed E-state index contributed by atoms with van der Waals surface area (Å²) in [6, 6.07) is 1.48. The topological polar surface area (TPSA) is 77.5 Å². The summed E-state index contributed by atoms with van der Waals surface area (Å²) in [5, 5.41) is 1.81. The number of rotatable bonds is 4. The second-order valence-electron chi connectivity index (χ2n) is 3.10. The van der Waals surface area contributed by atoms with E-state index < -0.39 is 0 Å². The molecule has 0 aliphatic rings. The van der Waals surface area contributed by atoms with Crippen molar-refractivity contribution >= 4 is 34.0 Å². The molecule has 2 heterocycles. The lowest BCUT2D eigenvalue weighted by atomic mass is 10.4. The Morgan fingerprint density at radius 2 is 2.44 bits per heavy atom. The van der Waals surface area contributed by atoms with E-state index in [-0.39, 0.29) is 17.2 Å². The molecule has 0 aliphatic carbocycles. The van der Waals surface area contributed by atoms with Crippen molar-refractivity contribution in [1.29, 1.82) is 0 Å². The van der Waals surface area contributed by atoms with E-state index in [4.69, 9.17) is 5.73 Å². The van der Waals surface area contributed by atoms with E-state index in [2.05, 4.69) is 4.98 Å². The lowest BCUT2D eigenvalue weighted by Gasteiger charge is -1.99. The molecule has 7 heteroatoms. The molecule has 0 saturated heterocycles. The van der Waals surface area contributed by atoms with Gasteiger partial charge in [-0.25, -0.2) is 4.98 Å². The zero-order valence-electron chi connectivity index (χ0n) is 8.25. The number of nitrogens with zero attached hydrogens (tertiary/aromatic N) is 2. The fraction of sp³-hybridized carbons (Fsp3) is 0.222. The van der Waals surface area contributed by atoms with Gasteiger partial charge in [0.2, 0.25) is 5.91 Å². The Labute approximate surface area is 99.3 Å². The van der Waals surface area contributed by atoms with Crippen LogP contribution in [0.1, 0.15) is 5.69 Å². The smallest absolute Gasteiger partial charge is 0.258 e. The molecule has 0 aromatic carbocycles. The molecular weight excluding hydrogens is 246 g/mol. The van der Waals surface area contributed by atoms with Crippen LogP contribution in [0.4, 0.5) is 0 Å². The van der Waals surface area contributed by atoms with Gasteiger partial charge in [0.25, 0.3) is 5.56 Å². The predicted octanol–water partition coefficient (Wildman–Crippen LogP) is 0.474. The van der Waals surface area contributed by atoms with Gasteiger partial charge in [-0.3, -0.25) is 14.0 Å². The molecule has 0 aliphatic heterocycles. The van der Waals surface area contributed by atoms with E-state index in [0.29, 0.717) is 16.4 Å². The minimum atomic E-state index is -0.362. The van der Waals surface area contributed by atoms with Gasteiger partial charge in [-0.2, -0.15) is 0 Å². The van der Waals surface area contributed by atoms with Crippen molar-refractivity contribution in [2.24, 2.45) is 5.73 Å². The van der Waals surface area contributed by atoms with Gasteiger partial charge < -0.3 is 5.73 Å². The van der Waals surface area contributed by atoms with E-state index in [0.717, 1.165) is 0 Å². The summed E-state index contributed by atoms with van der Waals surface area (Å²) in [6.07, 6.45) is 1.69. The minimum Gasteiger partial charge on any atom is -0.369 e. The van der Waals surface area contributed by atoms with Crippen LogP contribution in [0, 0.1) is 0 Å². The molecule has 0 radical (unpaired) electrons. The van der Waals surface area contributed by atoms with Crippen molar-refractivity contribution in [3.05, 3.63) is 33.7 Å². The summed E-state index contributed by atoms with van der Waals surface area (Å²) in [7, 11) is 0. The second kappa shape index (κ2) is 4.67. The third-order valence-corrected chi connectivity index (χ3v) is 3.60. The highest BCUT2D eigenvalue weighted by Crippen LogP contribution is 2.11. The van der Waals surface area contributed by atoms with Crippen molar-refractivity contribution in [2.75, 3.05) is 5.75 Å². The molecule has 0 bridgehead atoms. The zero-order chi connectivity index (χ0) is 11.5. The number of aromatic nitrogens is 2. The van der Waals surface area contributed by atoms with Crippen molar-refractivity contribution in [3.63, 3.8) is 0 Å². The van der Waals surface area contributed by atoms with Crippen LogP contribution in [0.5, 0.6) is 0 Å². The van der Waals surface area contributed by atoms with Crippen LogP contribution in [0.25, 0.3) is 4.96 Å². The van der Waals surface area contributed by atoms with Gasteiger partial charge in [0.1, 0.15) is 0 Å². The minimum absolute atomic E-state index is 0.0964. The number of primary amides is 1. The number of carbonyl (C=O) groups excluding carboxylic acids is 1. The molecular formula is C9H9N3O2S2. The maximum atomic E-state index is 11.6. The summed E-state index contributed by atoms with van der Waals surface area (Å²) >= 11 is 2.76. The Hall–Kier alpha value is -1.34. The van der Waals surface area contributed by atoms with Gasteiger partial charge in [0.15, 0.2) is 4.96 Å². The average molecular weight is 255 g/mol. The molecule has 0 unspecified atom stereocenters. The molecule has 5 nitrogen and oxygen atoms in total. The van der Waals surface area contributed by atoms with Gasteiger partial charge >= 0.3 is 0 Å². The van der Waals surface area contributed by atoms with E-state index in [1.807, 2.05) is 5.38 Å². The summed E-state index contributed by atoms with van der Waals surface area (Å²) in [5.41, 5.74) is 5.60. The van der Waals surface area contributed by atoms with Crippen LogP contribution in [0.2, 0.25) is 0 Å². The molecule has 2 aromatic heterocycles. The number of carbonyl (C=O) groups is 1. The molecule has 0 atom stereocenters. The van der Waals surface area contributed by atoms with Gasteiger partial charge in [0.05, 0.1) is 11.4 Å². The van der Waals surface area contributed by atoms with E-state index >= 15 is 0 Å². The maximum absolute atomic E-state index is 11.6. The standard InChI is InChI=1S/C9H9N3O2S2/c10-7(13)5-15-4-6-3-8(14)12-1-2-16-9(12)11-6/h1-3H,4-5H2,(H2,10,13). The second-order valence-corrected chi connectivity index (χ2v) is 4.96. The van der Waals surface area contributed by atoms with Crippen molar-refractivity contribution in [1.82, 2.24) is 9.38 Å². The Morgan fingerprint density at radius 3 is 3.19 bits per heavy atom. The number of hydrogen-bond acceptors (Lipinski definition) is 5. The van der Waals surface area contributed by atoms with E-state index in [1.54, 1.807) is 6.20 Å². The molecule has 0 fully saturated rings. The molecule has 0 saturated carbocycles. The number of hydrogen-bond donors (Lipinski definition) is 1. The molecule has 84 valence electrons. The normalized spacial score (nSPS) is 10.8. The quantitative estimate of drug-likeness (QED) is 0.861. The van der Waals surface area contributed by atoms with Crippen LogP contribution >= 0.6 is 23.1 Å². The zero-order valence-corrected chi connectivity index (χ0v) is 9.88. The number of amides is 1. The lowest BCUT2D eigenvalue weighted by molar-refractivity contribution is -0.115. The van der Waals surface area contributed by atoms with Gasteiger partial charge in [-0.1, -0.05) is 0 Å². The first-order valence-electron chi connectivity index (χ1n) is 4.48. The van der Waals surface area contributed by atoms with Crippen LogP contribution in [0.15, 0.2) is 22.4 Å². The Bertz CT molecular complexity index is 575. The Morgan fingerprint density at radius 1 is 1.62 bits per heavy atom. The summed E-state index contributed by atoms with van der Waals surface area (Å²) in [6.45, 7) is 0. The van der Waals surface area contributed by atoms with E-state index in [1.165, 1.54) is 33.6 Å². The first-order chi connectivity index (χ1) is 7.66. The highest BCUT2D eigenvalue weighted by atomic mass is 32.2. The average Bonchev–Trinajstić information content (AvgIpc) is 2.65. The first kappa shape index (κ1) is 11.2. The molecule has 16 heavy (non-hydrogen) atoms. The van der Waals surface area contributed by atoms with Crippen LogP contribution in [0.3, 0.4) is 0 Å². The van der Waals surface area contributed by atoms with Crippen LogP contribution in [-0.2, 0) is 10.5 Å². The monoisotopic (exact) mass is 255 g/mol. The summed E-state index contributed by atoms with van der Waals surface area (Å²) in [4.78, 5) is 27.1. The third-order valence-electron chi connectivity index (χ3n) is 1.85. The largest absolute Gasteiger partial charge is 0.369 e. The van der Waals surface area contributed by atoms with Gasteiger partial charge in [-0.15, -0.1) is 23.1 Å². The van der Waals surface area contributed by atoms with E-state index in [9.17, 15) is 9.59 Å². The molecule has 0 spiro atoms. The van der Waals surface area contributed by atoms with Gasteiger partial charge in [-0.05, 0) is 0 Å². The SMILES string of the molecule is NC(=O)CSCc1cc(=O)n2ccsc2n1. The molecule has 2 N–H and O–H groups in total. The maximum Gasteiger partial charge on any atom is 0.258 e.